The molecule has 3 aromatic rings. The average molecular weight is 409 g/mol. The number of hydrogen-bond acceptors (Lipinski definition) is 6. The van der Waals surface area contributed by atoms with E-state index in [0.29, 0.717) is 24.9 Å². The smallest absolute Gasteiger partial charge is 0.233 e. The fourth-order valence-corrected chi connectivity index (χ4v) is 3.94. The summed E-state index contributed by atoms with van der Waals surface area (Å²) in [6.07, 6.45) is 6.76. The van der Waals surface area contributed by atoms with Crippen molar-refractivity contribution < 1.29 is 4.79 Å². The summed E-state index contributed by atoms with van der Waals surface area (Å²) in [7, 11) is 0. The maximum absolute atomic E-state index is 13.1. The van der Waals surface area contributed by atoms with Crippen molar-refractivity contribution in [1.29, 1.82) is 0 Å². The molecular formula is C21H24N6OS. The SMILES string of the molecule is CCc1ccc(CN(Cc2cccnc2)C(=O)CSc2nnnn2C2CC2)cc1. The Bertz CT molecular complexity index is 939. The summed E-state index contributed by atoms with van der Waals surface area (Å²) < 4.78 is 1.84. The number of nitrogens with zero attached hydrogens (tertiary/aromatic N) is 6. The van der Waals surface area contributed by atoms with Crippen LogP contribution in [0.3, 0.4) is 0 Å². The molecule has 0 N–H and O–H groups in total. The fourth-order valence-electron chi connectivity index (χ4n) is 3.09. The Morgan fingerprint density at radius 3 is 2.59 bits per heavy atom. The minimum atomic E-state index is 0.0590. The van der Waals surface area contributed by atoms with Crippen LogP contribution in [0.25, 0.3) is 0 Å². The minimum absolute atomic E-state index is 0.0590. The van der Waals surface area contributed by atoms with E-state index in [9.17, 15) is 4.79 Å². The van der Waals surface area contributed by atoms with Gasteiger partial charge in [-0.3, -0.25) is 9.78 Å². The van der Waals surface area contributed by atoms with Gasteiger partial charge in [-0.05, 0) is 52.4 Å². The molecule has 1 amide bonds. The molecular weight excluding hydrogens is 384 g/mol. The standard InChI is InChI=1S/C21H24N6OS/c1-2-16-5-7-17(8-6-16)13-26(14-18-4-3-11-22-12-18)20(28)15-29-21-23-24-25-27(21)19-9-10-19/h3-8,11-12,19H,2,9-10,13-15H2,1H3. The minimum Gasteiger partial charge on any atom is -0.333 e. The van der Waals surface area contributed by atoms with E-state index in [1.54, 1.807) is 12.4 Å². The van der Waals surface area contributed by atoms with E-state index in [0.717, 1.165) is 35.5 Å². The molecule has 1 saturated carbocycles. The fraction of sp³-hybridized carbons (Fsp3) is 0.381. The third-order valence-corrected chi connectivity index (χ3v) is 5.85. The average Bonchev–Trinajstić information content (AvgIpc) is 3.50. The summed E-state index contributed by atoms with van der Waals surface area (Å²) in [5, 5.41) is 12.6. The highest BCUT2D eigenvalue weighted by Gasteiger charge is 2.28. The number of pyridine rings is 1. The Labute approximate surface area is 174 Å². The lowest BCUT2D eigenvalue weighted by molar-refractivity contribution is -0.129. The Morgan fingerprint density at radius 2 is 1.90 bits per heavy atom. The highest BCUT2D eigenvalue weighted by atomic mass is 32.2. The molecule has 0 saturated heterocycles. The van der Waals surface area contributed by atoms with E-state index in [1.165, 1.54) is 17.3 Å². The lowest BCUT2D eigenvalue weighted by Gasteiger charge is -2.23. The molecule has 2 aromatic heterocycles. The highest BCUT2D eigenvalue weighted by Crippen LogP contribution is 2.36. The van der Waals surface area contributed by atoms with Crippen LogP contribution < -0.4 is 0 Å². The number of tetrazole rings is 1. The molecule has 1 fully saturated rings. The molecule has 2 heterocycles. The van der Waals surface area contributed by atoms with Gasteiger partial charge in [0, 0.05) is 25.5 Å². The molecule has 29 heavy (non-hydrogen) atoms. The number of aromatic nitrogens is 5. The molecule has 0 aliphatic heterocycles. The predicted molar refractivity (Wildman–Crippen MR) is 111 cm³/mol. The predicted octanol–water partition coefficient (Wildman–Crippen LogP) is 3.29. The summed E-state index contributed by atoms with van der Waals surface area (Å²) in [4.78, 5) is 19.1. The van der Waals surface area contributed by atoms with E-state index in [1.807, 2.05) is 21.7 Å². The van der Waals surface area contributed by atoms with Gasteiger partial charge in [0.2, 0.25) is 11.1 Å². The quantitative estimate of drug-likeness (QED) is 0.506. The van der Waals surface area contributed by atoms with Crippen molar-refractivity contribution in [3.63, 3.8) is 0 Å². The van der Waals surface area contributed by atoms with Crippen molar-refractivity contribution >= 4 is 17.7 Å². The first-order valence-electron chi connectivity index (χ1n) is 9.88. The molecule has 0 spiro atoms. The zero-order chi connectivity index (χ0) is 20.1. The topological polar surface area (TPSA) is 76.8 Å². The van der Waals surface area contributed by atoms with Gasteiger partial charge in [0.25, 0.3) is 0 Å². The Kier molecular flexibility index (Phi) is 6.19. The van der Waals surface area contributed by atoms with Crippen molar-refractivity contribution in [3.05, 3.63) is 65.5 Å². The Morgan fingerprint density at radius 1 is 1.14 bits per heavy atom. The van der Waals surface area contributed by atoms with Gasteiger partial charge in [0.15, 0.2) is 0 Å². The van der Waals surface area contributed by atoms with Crippen molar-refractivity contribution in [3.8, 4) is 0 Å². The number of benzene rings is 1. The summed E-state index contributed by atoms with van der Waals surface area (Å²) in [5.74, 6) is 0.365. The first-order valence-corrected chi connectivity index (χ1v) is 10.9. The second-order valence-electron chi connectivity index (χ2n) is 7.21. The third-order valence-electron chi connectivity index (χ3n) is 4.93. The number of amides is 1. The number of thioether (sulfide) groups is 1. The van der Waals surface area contributed by atoms with Crippen LogP contribution in [0.15, 0.2) is 53.9 Å². The molecule has 1 aliphatic carbocycles. The van der Waals surface area contributed by atoms with Crippen LogP contribution in [0.5, 0.6) is 0 Å². The maximum Gasteiger partial charge on any atom is 0.233 e. The largest absolute Gasteiger partial charge is 0.333 e. The van der Waals surface area contributed by atoms with Gasteiger partial charge in [-0.15, -0.1) is 5.10 Å². The highest BCUT2D eigenvalue weighted by molar-refractivity contribution is 7.99. The Hall–Kier alpha value is -2.74. The van der Waals surface area contributed by atoms with E-state index in [4.69, 9.17) is 0 Å². The molecule has 0 radical (unpaired) electrons. The second-order valence-corrected chi connectivity index (χ2v) is 8.15. The number of carbonyl (C=O) groups is 1. The van der Waals surface area contributed by atoms with Crippen LogP contribution in [0.4, 0.5) is 0 Å². The normalized spacial score (nSPS) is 13.4. The van der Waals surface area contributed by atoms with Crippen LogP contribution >= 0.6 is 11.8 Å². The molecule has 7 nitrogen and oxygen atoms in total. The number of rotatable bonds is 9. The van der Waals surface area contributed by atoms with Gasteiger partial charge in [0.05, 0.1) is 11.8 Å². The third kappa shape index (κ3) is 5.20. The van der Waals surface area contributed by atoms with Crippen LogP contribution in [0, 0.1) is 0 Å². The first-order chi connectivity index (χ1) is 14.2. The van der Waals surface area contributed by atoms with Crippen molar-refractivity contribution in [2.45, 2.75) is 50.5 Å². The monoisotopic (exact) mass is 408 g/mol. The lowest BCUT2D eigenvalue weighted by atomic mass is 10.1. The van der Waals surface area contributed by atoms with Gasteiger partial charge in [-0.1, -0.05) is 49.0 Å². The van der Waals surface area contributed by atoms with E-state index in [2.05, 4.69) is 51.7 Å². The molecule has 0 atom stereocenters. The van der Waals surface area contributed by atoms with E-state index >= 15 is 0 Å². The van der Waals surface area contributed by atoms with E-state index in [-0.39, 0.29) is 5.91 Å². The molecule has 4 rings (SSSR count). The first kappa shape index (κ1) is 19.6. The molecule has 8 heteroatoms. The number of carbonyl (C=O) groups excluding carboxylic acids is 1. The van der Waals surface area contributed by atoms with Gasteiger partial charge < -0.3 is 4.90 Å². The van der Waals surface area contributed by atoms with Crippen LogP contribution in [-0.4, -0.2) is 41.8 Å². The van der Waals surface area contributed by atoms with Crippen molar-refractivity contribution in [2.24, 2.45) is 0 Å². The van der Waals surface area contributed by atoms with Gasteiger partial charge in [-0.25, -0.2) is 4.68 Å². The molecule has 1 aromatic carbocycles. The molecule has 0 bridgehead atoms. The van der Waals surface area contributed by atoms with Crippen LogP contribution in [0.1, 0.15) is 42.5 Å². The zero-order valence-electron chi connectivity index (χ0n) is 16.4. The molecule has 150 valence electrons. The summed E-state index contributed by atoms with van der Waals surface area (Å²) in [6.45, 7) is 3.22. The molecule has 1 aliphatic rings. The maximum atomic E-state index is 13.1. The molecule has 0 unspecified atom stereocenters. The van der Waals surface area contributed by atoms with Crippen LogP contribution in [0.2, 0.25) is 0 Å². The van der Waals surface area contributed by atoms with Crippen molar-refractivity contribution in [1.82, 2.24) is 30.1 Å². The van der Waals surface area contributed by atoms with Gasteiger partial charge >= 0.3 is 0 Å². The summed E-state index contributed by atoms with van der Waals surface area (Å²) in [6, 6.07) is 12.7. The zero-order valence-corrected chi connectivity index (χ0v) is 17.3. The summed E-state index contributed by atoms with van der Waals surface area (Å²) >= 11 is 1.41. The van der Waals surface area contributed by atoms with Crippen molar-refractivity contribution in [2.75, 3.05) is 5.75 Å². The van der Waals surface area contributed by atoms with E-state index < -0.39 is 0 Å². The Balaban J connectivity index is 1.45. The van der Waals surface area contributed by atoms with Gasteiger partial charge in [0.1, 0.15) is 0 Å². The van der Waals surface area contributed by atoms with Crippen LogP contribution in [-0.2, 0) is 24.3 Å². The second kappa shape index (κ2) is 9.17. The lowest BCUT2D eigenvalue weighted by Crippen LogP contribution is -2.31. The summed E-state index contributed by atoms with van der Waals surface area (Å²) in [5.41, 5.74) is 3.42. The number of hydrogen-bond donors (Lipinski definition) is 0. The number of aryl methyl sites for hydroxylation is 1. The van der Waals surface area contributed by atoms with Gasteiger partial charge in [-0.2, -0.15) is 0 Å².